The van der Waals surface area contributed by atoms with Crippen LogP contribution < -0.4 is 10.6 Å². The van der Waals surface area contributed by atoms with E-state index in [-0.39, 0.29) is 18.9 Å². The highest BCUT2D eigenvalue weighted by atomic mass is 16.4. The maximum atomic E-state index is 11.0. The summed E-state index contributed by atoms with van der Waals surface area (Å²) in [4.78, 5) is 21.1. The predicted molar refractivity (Wildman–Crippen MR) is 46.3 cm³/mol. The van der Waals surface area contributed by atoms with Gasteiger partial charge in [-0.1, -0.05) is 0 Å². The van der Waals surface area contributed by atoms with Crippen molar-refractivity contribution >= 4 is 11.9 Å². The van der Waals surface area contributed by atoms with Crippen LogP contribution in [0.3, 0.4) is 0 Å². The van der Waals surface area contributed by atoms with Gasteiger partial charge in [-0.3, -0.25) is 9.59 Å². The van der Waals surface area contributed by atoms with Gasteiger partial charge in [-0.15, -0.1) is 0 Å². The molecule has 0 spiro atoms. The Kier molecular flexibility index (Phi) is 3.70. The molecule has 0 radical (unpaired) electrons. The maximum Gasteiger partial charge on any atom is 0.305 e. The van der Waals surface area contributed by atoms with E-state index in [0.29, 0.717) is 12.6 Å². The smallest absolute Gasteiger partial charge is 0.305 e. The van der Waals surface area contributed by atoms with Crippen molar-refractivity contribution in [3.05, 3.63) is 0 Å². The molecule has 0 aromatic rings. The van der Waals surface area contributed by atoms with Crippen molar-refractivity contribution in [2.24, 2.45) is 0 Å². The van der Waals surface area contributed by atoms with E-state index in [1.165, 1.54) is 0 Å². The van der Waals surface area contributed by atoms with Crippen molar-refractivity contribution in [1.29, 1.82) is 0 Å². The van der Waals surface area contributed by atoms with Gasteiger partial charge in [0, 0.05) is 12.6 Å². The topological polar surface area (TPSA) is 78.4 Å². The highest BCUT2D eigenvalue weighted by Crippen LogP contribution is 2.17. The summed E-state index contributed by atoms with van der Waals surface area (Å²) in [6.07, 6.45) is 2.26. The number of nitrogens with one attached hydrogen (secondary N) is 2. The zero-order valence-electron chi connectivity index (χ0n) is 7.38. The number of carbonyl (C=O) groups is 2. The van der Waals surface area contributed by atoms with E-state index in [9.17, 15) is 9.59 Å². The van der Waals surface area contributed by atoms with Gasteiger partial charge in [-0.05, 0) is 12.8 Å². The molecule has 13 heavy (non-hydrogen) atoms. The average molecular weight is 186 g/mol. The summed E-state index contributed by atoms with van der Waals surface area (Å²) in [6.45, 7) is 0.505. The number of carbonyl (C=O) groups excluding carboxylic acids is 1. The molecule has 1 aliphatic carbocycles. The molecule has 1 amide bonds. The van der Waals surface area contributed by atoms with Crippen LogP contribution in [0.15, 0.2) is 0 Å². The monoisotopic (exact) mass is 186 g/mol. The van der Waals surface area contributed by atoms with Crippen molar-refractivity contribution in [3.63, 3.8) is 0 Å². The van der Waals surface area contributed by atoms with Crippen LogP contribution in [0.1, 0.15) is 19.3 Å². The lowest BCUT2D eigenvalue weighted by atomic mass is 10.4. The molecule has 74 valence electrons. The number of carboxylic acids is 1. The minimum atomic E-state index is -0.893. The Morgan fingerprint density at radius 1 is 1.38 bits per heavy atom. The highest BCUT2D eigenvalue weighted by molar-refractivity contribution is 5.78. The number of carboxylic acid groups (broad SMARTS) is 1. The quantitative estimate of drug-likeness (QED) is 0.514. The van der Waals surface area contributed by atoms with E-state index in [0.717, 1.165) is 12.8 Å². The fraction of sp³-hybridized carbons (Fsp3) is 0.750. The van der Waals surface area contributed by atoms with Gasteiger partial charge in [0.05, 0.1) is 13.0 Å². The summed E-state index contributed by atoms with van der Waals surface area (Å²) in [7, 11) is 0. The van der Waals surface area contributed by atoms with E-state index in [4.69, 9.17) is 5.11 Å². The largest absolute Gasteiger partial charge is 0.481 e. The summed E-state index contributed by atoms with van der Waals surface area (Å²) >= 11 is 0. The normalized spacial score (nSPS) is 15.4. The zero-order chi connectivity index (χ0) is 9.68. The lowest BCUT2D eigenvalue weighted by Crippen LogP contribution is -2.35. The standard InChI is InChI=1S/C8H14N2O3/c11-7(5-10-6-1-2-6)9-4-3-8(12)13/h6,10H,1-5H2,(H,9,11)(H,12,13). The van der Waals surface area contributed by atoms with Gasteiger partial charge in [-0.25, -0.2) is 0 Å². The van der Waals surface area contributed by atoms with Crippen molar-refractivity contribution in [1.82, 2.24) is 10.6 Å². The van der Waals surface area contributed by atoms with Crippen molar-refractivity contribution in [2.75, 3.05) is 13.1 Å². The lowest BCUT2D eigenvalue weighted by Gasteiger charge is -2.03. The number of hydrogen-bond donors (Lipinski definition) is 3. The van der Waals surface area contributed by atoms with Crippen molar-refractivity contribution in [3.8, 4) is 0 Å². The molecule has 0 aromatic heterocycles. The Morgan fingerprint density at radius 2 is 2.08 bits per heavy atom. The molecule has 0 saturated heterocycles. The van der Waals surface area contributed by atoms with Crippen molar-refractivity contribution in [2.45, 2.75) is 25.3 Å². The summed E-state index contributed by atoms with van der Waals surface area (Å²) in [6, 6.07) is 0.505. The van der Waals surface area contributed by atoms with Crippen LogP contribution in [0.25, 0.3) is 0 Å². The van der Waals surface area contributed by atoms with E-state index >= 15 is 0 Å². The molecule has 1 rings (SSSR count). The van der Waals surface area contributed by atoms with Gasteiger partial charge < -0.3 is 15.7 Å². The first-order valence-corrected chi connectivity index (χ1v) is 4.40. The third kappa shape index (κ3) is 5.19. The minimum Gasteiger partial charge on any atom is -0.481 e. The third-order valence-corrected chi connectivity index (χ3v) is 1.79. The van der Waals surface area contributed by atoms with Crippen LogP contribution in [0, 0.1) is 0 Å². The third-order valence-electron chi connectivity index (χ3n) is 1.79. The minimum absolute atomic E-state index is 0.0187. The molecule has 0 atom stereocenters. The van der Waals surface area contributed by atoms with E-state index < -0.39 is 5.97 Å². The van der Waals surface area contributed by atoms with Crippen LogP contribution >= 0.6 is 0 Å². The number of hydrogen-bond acceptors (Lipinski definition) is 3. The summed E-state index contributed by atoms with van der Waals surface area (Å²) in [5.41, 5.74) is 0. The SMILES string of the molecule is O=C(O)CCNC(=O)CNC1CC1. The Morgan fingerprint density at radius 3 is 2.62 bits per heavy atom. The van der Waals surface area contributed by atoms with Gasteiger partial charge in [0.25, 0.3) is 0 Å². The molecule has 5 nitrogen and oxygen atoms in total. The fourth-order valence-electron chi connectivity index (χ4n) is 0.896. The molecule has 0 heterocycles. The average Bonchev–Trinajstić information content (AvgIpc) is 2.83. The van der Waals surface area contributed by atoms with E-state index in [1.807, 2.05) is 0 Å². The number of aliphatic carboxylic acids is 1. The highest BCUT2D eigenvalue weighted by Gasteiger charge is 2.20. The Bertz CT molecular complexity index is 202. The first-order chi connectivity index (χ1) is 6.18. The van der Waals surface area contributed by atoms with Gasteiger partial charge in [0.1, 0.15) is 0 Å². The number of rotatable bonds is 6. The molecule has 0 aliphatic heterocycles. The summed E-state index contributed by atoms with van der Waals surface area (Å²) < 4.78 is 0. The molecule has 0 bridgehead atoms. The first kappa shape index (κ1) is 9.98. The fourth-order valence-corrected chi connectivity index (χ4v) is 0.896. The van der Waals surface area contributed by atoms with Crippen LogP contribution in [-0.4, -0.2) is 36.1 Å². The van der Waals surface area contributed by atoms with Crippen LogP contribution in [0.4, 0.5) is 0 Å². The van der Waals surface area contributed by atoms with Gasteiger partial charge in [0.2, 0.25) is 5.91 Å². The molecule has 1 saturated carbocycles. The number of amides is 1. The molecule has 0 unspecified atom stereocenters. The Balaban J connectivity index is 1.93. The second kappa shape index (κ2) is 4.81. The molecule has 1 aliphatic rings. The first-order valence-electron chi connectivity index (χ1n) is 4.40. The van der Waals surface area contributed by atoms with E-state index in [1.54, 1.807) is 0 Å². The Labute approximate surface area is 76.5 Å². The van der Waals surface area contributed by atoms with Gasteiger partial charge in [0.15, 0.2) is 0 Å². The van der Waals surface area contributed by atoms with Gasteiger partial charge in [-0.2, -0.15) is 0 Å². The summed E-state index contributed by atoms with van der Waals surface area (Å²) in [5, 5.41) is 13.8. The second-order valence-corrected chi connectivity index (χ2v) is 3.15. The molecule has 0 aromatic carbocycles. The molecule has 3 N–H and O–H groups in total. The van der Waals surface area contributed by atoms with E-state index in [2.05, 4.69) is 10.6 Å². The maximum absolute atomic E-state index is 11.0. The lowest BCUT2D eigenvalue weighted by molar-refractivity contribution is -0.136. The van der Waals surface area contributed by atoms with Crippen LogP contribution in [-0.2, 0) is 9.59 Å². The second-order valence-electron chi connectivity index (χ2n) is 3.15. The van der Waals surface area contributed by atoms with Crippen LogP contribution in [0.5, 0.6) is 0 Å². The van der Waals surface area contributed by atoms with Crippen molar-refractivity contribution < 1.29 is 14.7 Å². The van der Waals surface area contributed by atoms with Crippen LogP contribution in [0.2, 0.25) is 0 Å². The summed E-state index contributed by atoms with van der Waals surface area (Å²) in [5.74, 6) is -1.02. The predicted octanol–water partition coefficient (Wildman–Crippen LogP) is -0.671. The zero-order valence-corrected chi connectivity index (χ0v) is 7.38. The molecular weight excluding hydrogens is 172 g/mol. The molecular formula is C8H14N2O3. The molecule has 1 fully saturated rings. The van der Waals surface area contributed by atoms with Gasteiger partial charge >= 0.3 is 5.97 Å². The molecule has 5 heteroatoms. The Hall–Kier alpha value is -1.10.